The number of carbonyl (C=O) groups excluding carboxylic acids is 1. The second kappa shape index (κ2) is 7.82. The van der Waals surface area contributed by atoms with Crippen LogP contribution in [0.1, 0.15) is 46.2 Å². The van der Waals surface area contributed by atoms with Gasteiger partial charge < -0.3 is 19.7 Å². The molecule has 0 fully saturated rings. The van der Waals surface area contributed by atoms with E-state index in [0.29, 0.717) is 12.8 Å². The normalized spacial score (nSPS) is 12.7. The van der Waals surface area contributed by atoms with E-state index in [1.807, 2.05) is 11.5 Å². The van der Waals surface area contributed by atoms with Crippen LogP contribution in [-0.2, 0) is 22.5 Å². The molecule has 0 aliphatic rings. The zero-order valence-electron chi connectivity index (χ0n) is 13.6. The Balaban J connectivity index is 2.71. The van der Waals surface area contributed by atoms with Gasteiger partial charge in [0.2, 0.25) is 0 Å². The first-order valence-corrected chi connectivity index (χ1v) is 7.41. The van der Waals surface area contributed by atoms with E-state index >= 15 is 0 Å². The van der Waals surface area contributed by atoms with E-state index in [1.165, 1.54) is 0 Å². The van der Waals surface area contributed by atoms with Crippen molar-refractivity contribution < 1.29 is 19.4 Å². The lowest BCUT2D eigenvalue weighted by Crippen LogP contribution is -2.40. The number of carboxylic acids is 1. The molecule has 0 spiro atoms. The van der Waals surface area contributed by atoms with Gasteiger partial charge >= 0.3 is 12.1 Å². The SMILES string of the molecule is CCn1cncc1CC(CCC(=O)O)NC(=O)OC(C)(C)C. The van der Waals surface area contributed by atoms with Crippen LogP contribution in [-0.4, -0.2) is 38.4 Å². The first-order valence-electron chi connectivity index (χ1n) is 7.41. The van der Waals surface area contributed by atoms with Crippen molar-refractivity contribution in [3.8, 4) is 0 Å². The number of amides is 1. The number of imidazole rings is 1. The highest BCUT2D eigenvalue weighted by molar-refractivity contribution is 5.69. The van der Waals surface area contributed by atoms with Crippen molar-refractivity contribution in [2.24, 2.45) is 0 Å². The molecule has 0 saturated carbocycles. The zero-order valence-corrected chi connectivity index (χ0v) is 13.6. The standard InChI is InChI=1S/C15H25N3O4/c1-5-18-10-16-9-12(18)8-11(6-7-13(19)20)17-14(21)22-15(2,3)4/h9-11H,5-8H2,1-4H3,(H,17,21)(H,19,20). The lowest BCUT2D eigenvalue weighted by atomic mass is 10.1. The summed E-state index contributed by atoms with van der Waals surface area (Å²) in [5, 5.41) is 11.6. The molecular formula is C15H25N3O4. The van der Waals surface area contributed by atoms with Gasteiger partial charge in [-0.2, -0.15) is 0 Å². The van der Waals surface area contributed by atoms with Crippen LogP contribution in [0.5, 0.6) is 0 Å². The maximum absolute atomic E-state index is 11.9. The van der Waals surface area contributed by atoms with Crippen LogP contribution < -0.4 is 5.32 Å². The number of aliphatic carboxylic acids is 1. The number of hydrogen-bond donors (Lipinski definition) is 2. The van der Waals surface area contributed by atoms with Crippen LogP contribution in [0.4, 0.5) is 4.79 Å². The third kappa shape index (κ3) is 6.60. The van der Waals surface area contributed by atoms with Gasteiger partial charge in [-0.15, -0.1) is 0 Å². The number of aryl methyl sites for hydroxylation is 1. The van der Waals surface area contributed by atoms with Gasteiger partial charge in [-0.05, 0) is 34.1 Å². The molecule has 1 amide bonds. The molecule has 124 valence electrons. The summed E-state index contributed by atoms with van der Waals surface area (Å²) in [6.07, 6.45) is 3.75. The molecule has 1 rings (SSSR count). The molecule has 0 saturated heterocycles. The maximum atomic E-state index is 11.9. The number of hydrogen-bond acceptors (Lipinski definition) is 4. The van der Waals surface area contributed by atoms with E-state index in [9.17, 15) is 9.59 Å². The molecule has 0 aromatic carbocycles. The van der Waals surface area contributed by atoms with Gasteiger partial charge in [-0.25, -0.2) is 9.78 Å². The van der Waals surface area contributed by atoms with Gasteiger partial charge in [0.1, 0.15) is 5.60 Å². The summed E-state index contributed by atoms with van der Waals surface area (Å²) in [6.45, 7) is 8.12. The minimum absolute atomic E-state index is 0.0132. The third-order valence-corrected chi connectivity index (χ3v) is 3.02. The lowest BCUT2D eigenvalue weighted by Gasteiger charge is -2.23. The molecule has 1 unspecified atom stereocenters. The van der Waals surface area contributed by atoms with E-state index < -0.39 is 17.7 Å². The predicted molar refractivity (Wildman–Crippen MR) is 81.6 cm³/mol. The van der Waals surface area contributed by atoms with E-state index in [2.05, 4.69) is 10.3 Å². The van der Waals surface area contributed by atoms with Crippen LogP contribution in [0.2, 0.25) is 0 Å². The number of nitrogens with zero attached hydrogens (tertiary/aromatic N) is 2. The molecule has 22 heavy (non-hydrogen) atoms. The summed E-state index contributed by atoms with van der Waals surface area (Å²) in [5.74, 6) is -0.889. The molecule has 7 nitrogen and oxygen atoms in total. The molecule has 0 radical (unpaired) electrons. The van der Waals surface area contributed by atoms with Crippen LogP contribution >= 0.6 is 0 Å². The lowest BCUT2D eigenvalue weighted by molar-refractivity contribution is -0.137. The Bertz CT molecular complexity index is 505. The number of ether oxygens (including phenoxy) is 1. The van der Waals surface area contributed by atoms with Crippen molar-refractivity contribution in [2.45, 2.75) is 65.1 Å². The fourth-order valence-electron chi connectivity index (χ4n) is 2.05. The number of aromatic nitrogens is 2. The summed E-state index contributed by atoms with van der Waals surface area (Å²) in [7, 11) is 0. The summed E-state index contributed by atoms with van der Waals surface area (Å²) in [5.41, 5.74) is 0.362. The van der Waals surface area contributed by atoms with Crippen molar-refractivity contribution in [3.63, 3.8) is 0 Å². The molecule has 1 atom stereocenters. The van der Waals surface area contributed by atoms with E-state index in [0.717, 1.165) is 12.2 Å². The number of rotatable bonds is 7. The molecule has 1 heterocycles. The smallest absolute Gasteiger partial charge is 0.407 e. The summed E-state index contributed by atoms with van der Waals surface area (Å²) in [4.78, 5) is 26.8. The Morgan fingerprint density at radius 1 is 1.45 bits per heavy atom. The Labute approximate surface area is 130 Å². The molecule has 2 N–H and O–H groups in total. The van der Waals surface area contributed by atoms with Crippen LogP contribution in [0, 0.1) is 0 Å². The molecule has 0 bridgehead atoms. The Morgan fingerprint density at radius 3 is 2.68 bits per heavy atom. The third-order valence-electron chi connectivity index (χ3n) is 3.02. The van der Waals surface area contributed by atoms with E-state index in [-0.39, 0.29) is 12.5 Å². The number of nitrogens with one attached hydrogen (secondary N) is 1. The van der Waals surface area contributed by atoms with Crippen LogP contribution in [0.25, 0.3) is 0 Å². The predicted octanol–water partition coefficient (Wildman–Crippen LogP) is 2.20. The largest absolute Gasteiger partial charge is 0.481 e. The first kappa shape index (κ1) is 18.0. The van der Waals surface area contributed by atoms with Gasteiger partial charge in [0.25, 0.3) is 0 Å². The Kier molecular flexibility index (Phi) is 6.39. The summed E-state index contributed by atoms with van der Waals surface area (Å²) >= 11 is 0. The van der Waals surface area contributed by atoms with Gasteiger partial charge in [-0.1, -0.05) is 0 Å². The second-order valence-electron chi connectivity index (χ2n) is 6.15. The summed E-state index contributed by atoms with van der Waals surface area (Å²) in [6, 6.07) is -0.312. The molecular weight excluding hydrogens is 286 g/mol. The molecule has 0 aliphatic heterocycles. The molecule has 1 aromatic rings. The van der Waals surface area contributed by atoms with Crippen LogP contribution in [0.3, 0.4) is 0 Å². The zero-order chi connectivity index (χ0) is 16.8. The average Bonchev–Trinajstić information content (AvgIpc) is 2.80. The topological polar surface area (TPSA) is 93.5 Å². The van der Waals surface area contributed by atoms with Crippen molar-refractivity contribution in [1.82, 2.24) is 14.9 Å². The monoisotopic (exact) mass is 311 g/mol. The van der Waals surface area contributed by atoms with Crippen LogP contribution in [0.15, 0.2) is 12.5 Å². The van der Waals surface area contributed by atoms with E-state index in [4.69, 9.17) is 9.84 Å². The fourth-order valence-corrected chi connectivity index (χ4v) is 2.05. The van der Waals surface area contributed by atoms with Gasteiger partial charge in [0.15, 0.2) is 0 Å². The highest BCUT2D eigenvalue weighted by atomic mass is 16.6. The van der Waals surface area contributed by atoms with Gasteiger partial charge in [-0.3, -0.25) is 4.79 Å². The molecule has 1 aromatic heterocycles. The number of alkyl carbamates (subject to hydrolysis) is 1. The molecule has 0 aliphatic carbocycles. The van der Waals surface area contributed by atoms with Crippen molar-refractivity contribution in [1.29, 1.82) is 0 Å². The Morgan fingerprint density at radius 2 is 2.14 bits per heavy atom. The minimum atomic E-state index is -0.889. The van der Waals surface area contributed by atoms with Gasteiger partial charge in [0, 0.05) is 37.3 Å². The molecule has 7 heteroatoms. The minimum Gasteiger partial charge on any atom is -0.481 e. The quantitative estimate of drug-likeness (QED) is 0.805. The fraction of sp³-hybridized carbons (Fsp3) is 0.667. The van der Waals surface area contributed by atoms with Crippen molar-refractivity contribution in [3.05, 3.63) is 18.2 Å². The van der Waals surface area contributed by atoms with E-state index in [1.54, 1.807) is 33.3 Å². The number of carbonyl (C=O) groups is 2. The number of carboxylic acid groups (broad SMARTS) is 1. The first-order chi connectivity index (χ1) is 10.2. The van der Waals surface area contributed by atoms with Crippen molar-refractivity contribution in [2.75, 3.05) is 0 Å². The Hall–Kier alpha value is -2.05. The average molecular weight is 311 g/mol. The second-order valence-corrected chi connectivity index (χ2v) is 6.15. The van der Waals surface area contributed by atoms with Crippen molar-refractivity contribution >= 4 is 12.1 Å². The highest BCUT2D eigenvalue weighted by Crippen LogP contribution is 2.11. The maximum Gasteiger partial charge on any atom is 0.407 e. The summed E-state index contributed by atoms with van der Waals surface area (Å²) < 4.78 is 7.19. The van der Waals surface area contributed by atoms with Gasteiger partial charge in [0.05, 0.1) is 6.33 Å². The highest BCUT2D eigenvalue weighted by Gasteiger charge is 2.21.